The zero-order valence-corrected chi connectivity index (χ0v) is 16.8. The van der Waals surface area contributed by atoms with E-state index in [0.29, 0.717) is 12.2 Å². The van der Waals surface area contributed by atoms with Gasteiger partial charge < -0.3 is 9.64 Å². The maximum atomic E-state index is 12.3. The number of carbonyl (C=O) groups excluding carboxylic acids is 1. The van der Waals surface area contributed by atoms with Gasteiger partial charge in [-0.05, 0) is 72.5 Å². The number of nitrogens with one attached hydrogen (secondary N) is 1. The first-order valence-electron chi connectivity index (χ1n) is 10.2. The second-order valence-electron chi connectivity index (χ2n) is 7.28. The lowest BCUT2D eigenvalue weighted by Gasteiger charge is -2.17. The minimum atomic E-state index is -0.220. The summed E-state index contributed by atoms with van der Waals surface area (Å²) in [4.78, 5) is 14.6. The normalized spacial score (nSPS) is 13.5. The van der Waals surface area contributed by atoms with Gasteiger partial charge in [-0.15, -0.1) is 0 Å². The first kappa shape index (κ1) is 19.7. The highest BCUT2D eigenvalue weighted by atomic mass is 16.5. The third-order valence-electron chi connectivity index (χ3n) is 5.11. The van der Waals surface area contributed by atoms with E-state index in [4.69, 9.17) is 4.74 Å². The number of anilines is 1. The maximum Gasteiger partial charge on any atom is 0.271 e. The largest absolute Gasteiger partial charge is 0.489 e. The smallest absolute Gasteiger partial charge is 0.271 e. The molecule has 0 atom stereocenters. The van der Waals surface area contributed by atoms with Crippen LogP contribution in [0.5, 0.6) is 5.75 Å². The van der Waals surface area contributed by atoms with Gasteiger partial charge in [0, 0.05) is 24.3 Å². The van der Waals surface area contributed by atoms with Crippen LogP contribution < -0.4 is 15.1 Å². The third-order valence-corrected chi connectivity index (χ3v) is 5.11. The van der Waals surface area contributed by atoms with E-state index >= 15 is 0 Å². The summed E-state index contributed by atoms with van der Waals surface area (Å²) in [6.07, 6.45) is 4.09. The van der Waals surface area contributed by atoms with Crippen molar-refractivity contribution in [2.45, 2.75) is 19.4 Å². The number of hydrazone groups is 1. The molecule has 0 spiro atoms. The van der Waals surface area contributed by atoms with Gasteiger partial charge in [0.05, 0.1) is 6.21 Å². The molecule has 1 aliphatic heterocycles. The Morgan fingerprint density at radius 1 is 0.933 bits per heavy atom. The van der Waals surface area contributed by atoms with E-state index in [9.17, 15) is 4.79 Å². The number of hydrogen-bond donors (Lipinski definition) is 1. The second kappa shape index (κ2) is 9.74. The molecule has 30 heavy (non-hydrogen) atoms. The van der Waals surface area contributed by atoms with Crippen molar-refractivity contribution in [2.24, 2.45) is 5.10 Å². The average molecular weight is 399 g/mol. The van der Waals surface area contributed by atoms with Gasteiger partial charge in [0.25, 0.3) is 5.91 Å². The molecule has 5 nitrogen and oxygen atoms in total. The third kappa shape index (κ3) is 5.26. The second-order valence-corrected chi connectivity index (χ2v) is 7.28. The summed E-state index contributed by atoms with van der Waals surface area (Å²) in [7, 11) is 0. The molecule has 1 fully saturated rings. The van der Waals surface area contributed by atoms with Crippen LogP contribution in [0.1, 0.15) is 34.3 Å². The van der Waals surface area contributed by atoms with Gasteiger partial charge in [-0.2, -0.15) is 5.10 Å². The molecular weight excluding hydrogens is 374 g/mol. The predicted octanol–water partition coefficient (Wildman–Crippen LogP) is 4.63. The Balaban J connectivity index is 1.26. The van der Waals surface area contributed by atoms with Crippen LogP contribution in [-0.2, 0) is 6.61 Å². The fourth-order valence-corrected chi connectivity index (χ4v) is 3.42. The molecule has 1 heterocycles. The summed E-state index contributed by atoms with van der Waals surface area (Å²) in [5.74, 6) is 0.570. The summed E-state index contributed by atoms with van der Waals surface area (Å²) in [6.45, 7) is 2.71. The lowest BCUT2D eigenvalue weighted by atomic mass is 10.2. The molecule has 3 aromatic rings. The molecule has 0 saturated carbocycles. The molecule has 0 aliphatic carbocycles. The number of nitrogens with zero attached hydrogens (tertiary/aromatic N) is 2. The van der Waals surface area contributed by atoms with Gasteiger partial charge in [-0.25, -0.2) is 5.43 Å². The van der Waals surface area contributed by atoms with Crippen LogP contribution in [0.15, 0.2) is 84.0 Å². The van der Waals surface area contributed by atoms with Crippen molar-refractivity contribution >= 4 is 17.8 Å². The lowest BCUT2D eigenvalue weighted by molar-refractivity contribution is 0.0955. The summed E-state index contributed by atoms with van der Waals surface area (Å²) in [5, 5.41) is 4.07. The van der Waals surface area contributed by atoms with Crippen molar-refractivity contribution in [2.75, 3.05) is 18.0 Å². The van der Waals surface area contributed by atoms with Crippen molar-refractivity contribution in [3.8, 4) is 5.75 Å². The van der Waals surface area contributed by atoms with Crippen LogP contribution >= 0.6 is 0 Å². The average Bonchev–Trinajstić information content (AvgIpc) is 3.34. The molecule has 4 rings (SSSR count). The number of benzene rings is 3. The van der Waals surface area contributed by atoms with Crippen molar-refractivity contribution in [3.63, 3.8) is 0 Å². The molecule has 1 amide bonds. The van der Waals surface area contributed by atoms with E-state index in [2.05, 4.69) is 15.4 Å². The van der Waals surface area contributed by atoms with E-state index in [-0.39, 0.29) is 5.91 Å². The van der Waals surface area contributed by atoms with E-state index in [1.165, 1.54) is 18.5 Å². The molecule has 152 valence electrons. The van der Waals surface area contributed by atoms with Crippen LogP contribution in [0.2, 0.25) is 0 Å². The zero-order valence-electron chi connectivity index (χ0n) is 16.8. The monoisotopic (exact) mass is 399 g/mol. The molecule has 1 aliphatic rings. The summed E-state index contributed by atoms with van der Waals surface area (Å²) >= 11 is 0. The fourth-order valence-electron chi connectivity index (χ4n) is 3.42. The molecule has 3 aromatic carbocycles. The predicted molar refractivity (Wildman–Crippen MR) is 120 cm³/mol. The number of rotatable bonds is 7. The van der Waals surface area contributed by atoms with Gasteiger partial charge in [-0.1, -0.05) is 30.3 Å². The Bertz CT molecular complexity index is 977. The topological polar surface area (TPSA) is 53.9 Å². The van der Waals surface area contributed by atoms with Gasteiger partial charge in [0.15, 0.2) is 0 Å². The Labute approximate surface area is 177 Å². The lowest BCUT2D eigenvalue weighted by Crippen LogP contribution is -2.19. The van der Waals surface area contributed by atoms with Crippen molar-refractivity contribution in [1.82, 2.24) is 5.43 Å². The maximum absolute atomic E-state index is 12.3. The van der Waals surface area contributed by atoms with E-state index in [0.717, 1.165) is 30.0 Å². The highest BCUT2D eigenvalue weighted by Gasteiger charge is 2.12. The van der Waals surface area contributed by atoms with E-state index < -0.39 is 0 Å². The fraction of sp³-hybridized carbons (Fsp3) is 0.200. The summed E-state index contributed by atoms with van der Waals surface area (Å²) in [6, 6.07) is 25.3. The molecule has 1 saturated heterocycles. The van der Waals surface area contributed by atoms with Gasteiger partial charge >= 0.3 is 0 Å². The van der Waals surface area contributed by atoms with Crippen LogP contribution in [0, 0.1) is 0 Å². The highest BCUT2D eigenvalue weighted by Crippen LogP contribution is 2.20. The quantitative estimate of drug-likeness (QED) is 0.466. The Hall–Kier alpha value is -3.60. The van der Waals surface area contributed by atoms with Crippen molar-refractivity contribution < 1.29 is 9.53 Å². The molecule has 0 aromatic heterocycles. The Morgan fingerprint density at radius 3 is 2.33 bits per heavy atom. The van der Waals surface area contributed by atoms with Crippen LogP contribution in [0.3, 0.4) is 0 Å². The molecular formula is C25H25N3O2. The SMILES string of the molecule is O=C(N/N=C\c1ccc(OCc2ccccc2)cc1)c1ccc(N2CCCC2)cc1. The van der Waals surface area contributed by atoms with Gasteiger partial charge in [-0.3, -0.25) is 4.79 Å². The zero-order chi connectivity index (χ0) is 20.6. The van der Waals surface area contributed by atoms with Gasteiger partial charge in [0.1, 0.15) is 12.4 Å². The van der Waals surface area contributed by atoms with E-state index in [1.807, 2.05) is 78.9 Å². The molecule has 5 heteroatoms. The van der Waals surface area contributed by atoms with Crippen LogP contribution in [0.25, 0.3) is 0 Å². The number of hydrogen-bond acceptors (Lipinski definition) is 4. The van der Waals surface area contributed by atoms with Crippen LogP contribution in [-0.4, -0.2) is 25.2 Å². The number of carbonyl (C=O) groups is 1. The standard InChI is InChI=1S/C25H25N3O2/c29-25(22-10-12-23(13-11-22)28-16-4-5-17-28)27-26-18-20-8-14-24(15-9-20)30-19-21-6-2-1-3-7-21/h1-3,6-15,18H,4-5,16-17,19H2,(H,27,29)/b26-18-. The molecule has 0 radical (unpaired) electrons. The van der Waals surface area contributed by atoms with Gasteiger partial charge in [0.2, 0.25) is 0 Å². The highest BCUT2D eigenvalue weighted by molar-refractivity contribution is 5.95. The number of ether oxygens (including phenoxy) is 1. The van der Waals surface area contributed by atoms with E-state index in [1.54, 1.807) is 6.21 Å². The van der Waals surface area contributed by atoms with Crippen molar-refractivity contribution in [3.05, 3.63) is 95.6 Å². The Morgan fingerprint density at radius 2 is 1.63 bits per heavy atom. The molecule has 1 N–H and O–H groups in total. The summed E-state index contributed by atoms with van der Waals surface area (Å²) in [5.41, 5.74) is 6.35. The summed E-state index contributed by atoms with van der Waals surface area (Å²) < 4.78 is 5.78. The first-order chi connectivity index (χ1) is 14.8. The molecule has 0 bridgehead atoms. The molecule has 0 unspecified atom stereocenters. The number of amides is 1. The van der Waals surface area contributed by atoms with Crippen molar-refractivity contribution in [1.29, 1.82) is 0 Å². The van der Waals surface area contributed by atoms with Crippen LogP contribution in [0.4, 0.5) is 5.69 Å². The minimum absolute atomic E-state index is 0.220. The first-order valence-corrected chi connectivity index (χ1v) is 10.2. The minimum Gasteiger partial charge on any atom is -0.489 e. The Kier molecular flexibility index (Phi) is 6.40.